The van der Waals surface area contributed by atoms with Crippen LogP contribution in [-0.2, 0) is 13.1 Å². The molecular formula is C18H24IN7. The Morgan fingerprint density at radius 3 is 2.65 bits per heavy atom. The first kappa shape index (κ1) is 20.0. The topological polar surface area (TPSA) is 72.1 Å². The number of benzene rings is 1. The lowest BCUT2D eigenvalue weighted by molar-refractivity contribution is 0.570. The second kappa shape index (κ2) is 10.6. The largest absolute Gasteiger partial charge is 0.356 e. The van der Waals surface area contributed by atoms with Crippen molar-refractivity contribution in [2.45, 2.75) is 19.5 Å². The molecule has 0 aliphatic carbocycles. The van der Waals surface area contributed by atoms with Gasteiger partial charge in [0.05, 0.1) is 5.69 Å². The van der Waals surface area contributed by atoms with E-state index in [1.807, 2.05) is 46.0 Å². The molecule has 1 aromatic carbocycles. The summed E-state index contributed by atoms with van der Waals surface area (Å²) in [6.45, 7) is 2.43. The summed E-state index contributed by atoms with van der Waals surface area (Å²) >= 11 is 0. The molecule has 7 nitrogen and oxygen atoms in total. The van der Waals surface area contributed by atoms with Crippen molar-refractivity contribution in [3.8, 4) is 5.69 Å². The SMILES string of the molecule is CN=C(NCCCn1cccn1)NCc1cccc(-n2cccn2)c1.I. The number of nitrogens with one attached hydrogen (secondary N) is 2. The predicted octanol–water partition coefficient (Wildman–Crippen LogP) is 2.44. The fraction of sp³-hybridized carbons (Fsp3) is 0.278. The first-order valence-electron chi connectivity index (χ1n) is 8.36. The number of guanidine groups is 1. The molecule has 8 heteroatoms. The van der Waals surface area contributed by atoms with Crippen LogP contribution in [-0.4, -0.2) is 39.1 Å². The molecule has 26 heavy (non-hydrogen) atoms. The molecule has 0 atom stereocenters. The molecule has 138 valence electrons. The zero-order chi connectivity index (χ0) is 17.3. The van der Waals surface area contributed by atoms with Gasteiger partial charge in [-0.1, -0.05) is 12.1 Å². The zero-order valence-corrected chi connectivity index (χ0v) is 17.1. The third kappa shape index (κ3) is 5.87. The van der Waals surface area contributed by atoms with Crippen molar-refractivity contribution in [3.63, 3.8) is 0 Å². The van der Waals surface area contributed by atoms with Crippen LogP contribution in [0.3, 0.4) is 0 Å². The Hall–Kier alpha value is -2.36. The second-order valence-electron chi connectivity index (χ2n) is 5.60. The molecule has 0 saturated heterocycles. The molecular weight excluding hydrogens is 441 g/mol. The maximum absolute atomic E-state index is 4.26. The summed E-state index contributed by atoms with van der Waals surface area (Å²) in [5, 5.41) is 15.1. The Morgan fingerprint density at radius 1 is 1.08 bits per heavy atom. The monoisotopic (exact) mass is 465 g/mol. The Bertz CT molecular complexity index is 782. The van der Waals surface area contributed by atoms with E-state index in [9.17, 15) is 0 Å². The van der Waals surface area contributed by atoms with Gasteiger partial charge < -0.3 is 10.6 Å². The van der Waals surface area contributed by atoms with Gasteiger partial charge >= 0.3 is 0 Å². The van der Waals surface area contributed by atoms with E-state index in [1.165, 1.54) is 5.56 Å². The van der Waals surface area contributed by atoms with E-state index >= 15 is 0 Å². The van der Waals surface area contributed by atoms with E-state index < -0.39 is 0 Å². The molecule has 0 spiro atoms. The molecule has 3 rings (SSSR count). The maximum Gasteiger partial charge on any atom is 0.191 e. The van der Waals surface area contributed by atoms with Crippen molar-refractivity contribution < 1.29 is 0 Å². The number of halogens is 1. The average Bonchev–Trinajstić information content (AvgIpc) is 3.35. The smallest absolute Gasteiger partial charge is 0.191 e. The van der Waals surface area contributed by atoms with Gasteiger partial charge in [-0.05, 0) is 36.2 Å². The molecule has 3 aromatic rings. The number of aromatic nitrogens is 4. The van der Waals surface area contributed by atoms with Crippen molar-refractivity contribution in [3.05, 3.63) is 66.7 Å². The van der Waals surface area contributed by atoms with Crippen molar-refractivity contribution in [1.29, 1.82) is 0 Å². The van der Waals surface area contributed by atoms with Crippen molar-refractivity contribution in [2.24, 2.45) is 4.99 Å². The zero-order valence-electron chi connectivity index (χ0n) is 14.7. The van der Waals surface area contributed by atoms with Crippen molar-refractivity contribution >= 4 is 29.9 Å². The number of rotatable bonds is 7. The van der Waals surface area contributed by atoms with Crippen LogP contribution < -0.4 is 10.6 Å². The standard InChI is InChI=1S/C18H23N7.HI/c1-19-18(20-8-3-11-24-12-4-9-22-24)21-15-16-6-2-7-17(14-16)25-13-5-10-23-25;/h2,4-7,9-10,12-14H,3,8,11,15H2,1H3,(H2,19,20,21);1H. The van der Waals surface area contributed by atoms with Gasteiger partial charge in [0.2, 0.25) is 0 Å². The van der Waals surface area contributed by atoms with Crippen LogP contribution in [0.5, 0.6) is 0 Å². The first-order chi connectivity index (χ1) is 12.3. The van der Waals surface area contributed by atoms with Crippen LogP contribution in [0.15, 0.2) is 66.2 Å². The highest BCUT2D eigenvalue weighted by Gasteiger charge is 2.01. The number of aryl methyl sites for hydroxylation is 1. The Morgan fingerprint density at radius 2 is 1.92 bits per heavy atom. The molecule has 2 heterocycles. The summed E-state index contributed by atoms with van der Waals surface area (Å²) < 4.78 is 3.78. The van der Waals surface area contributed by atoms with Crippen LogP contribution in [0.1, 0.15) is 12.0 Å². The van der Waals surface area contributed by atoms with Gasteiger partial charge in [0.25, 0.3) is 0 Å². The summed E-state index contributed by atoms with van der Waals surface area (Å²) in [6, 6.07) is 12.1. The molecule has 0 unspecified atom stereocenters. The van der Waals surface area contributed by atoms with Crippen LogP contribution in [0.2, 0.25) is 0 Å². The van der Waals surface area contributed by atoms with E-state index in [1.54, 1.807) is 19.4 Å². The minimum absolute atomic E-state index is 0. The maximum atomic E-state index is 4.26. The van der Waals surface area contributed by atoms with Crippen molar-refractivity contribution in [2.75, 3.05) is 13.6 Å². The molecule has 0 aliphatic heterocycles. The highest BCUT2D eigenvalue weighted by Crippen LogP contribution is 2.09. The highest BCUT2D eigenvalue weighted by atomic mass is 127. The minimum atomic E-state index is 0. The van der Waals surface area contributed by atoms with Crippen LogP contribution >= 0.6 is 24.0 Å². The third-order valence-electron chi connectivity index (χ3n) is 3.78. The van der Waals surface area contributed by atoms with E-state index in [0.29, 0.717) is 6.54 Å². The third-order valence-corrected chi connectivity index (χ3v) is 3.78. The van der Waals surface area contributed by atoms with Crippen LogP contribution in [0, 0.1) is 0 Å². The van der Waals surface area contributed by atoms with Crippen LogP contribution in [0.25, 0.3) is 5.69 Å². The number of nitrogens with zero attached hydrogens (tertiary/aromatic N) is 5. The Kier molecular flexibility index (Phi) is 8.13. The summed E-state index contributed by atoms with van der Waals surface area (Å²) in [5.41, 5.74) is 2.22. The molecule has 2 aromatic heterocycles. The molecule has 0 radical (unpaired) electrons. The second-order valence-corrected chi connectivity index (χ2v) is 5.60. The summed E-state index contributed by atoms with van der Waals surface area (Å²) in [5.74, 6) is 0.796. The lowest BCUT2D eigenvalue weighted by Crippen LogP contribution is -2.37. The predicted molar refractivity (Wildman–Crippen MR) is 114 cm³/mol. The fourth-order valence-corrected chi connectivity index (χ4v) is 2.52. The first-order valence-corrected chi connectivity index (χ1v) is 8.36. The van der Waals surface area contributed by atoms with Gasteiger partial charge in [-0.15, -0.1) is 24.0 Å². The minimum Gasteiger partial charge on any atom is -0.356 e. The highest BCUT2D eigenvalue weighted by molar-refractivity contribution is 14.0. The Balaban J connectivity index is 0.00000243. The quantitative estimate of drug-likeness (QED) is 0.244. The van der Waals surface area contributed by atoms with Gasteiger partial charge in [-0.3, -0.25) is 9.67 Å². The number of hydrogen-bond acceptors (Lipinski definition) is 3. The van der Waals surface area contributed by atoms with E-state index in [2.05, 4.69) is 38.0 Å². The van der Waals surface area contributed by atoms with Gasteiger partial charge in [0, 0.05) is 51.5 Å². The van der Waals surface area contributed by atoms with E-state index in [0.717, 1.165) is 31.2 Å². The normalized spacial score (nSPS) is 11.0. The molecule has 0 amide bonds. The van der Waals surface area contributed by atoms with Gasteiger partial charge in [-0.25, -0.2) is 4.68 Å². The molecule has 2 N–H and O–H groups in total. The lowest BCUT2D eigenvalue weighted by Gasteiger charge is -2.12. The summed E-state index contributed by atoms with van der Waals surface area (Å²) in [7, 11) is 1.78. The molecule has 0 aliphatic rings. The van der Waals surface area contributed by atoms with E-state index in [-0.39, 0.29) is 24.0 Å². The van der Waals surface area contributed by atoms with Gasteiger partial charge in [0.1, 0.15) is 0 Å². The Labute approximate surface area is 170 Å². The fourth-order valence-electron chi connectivity index (χ4n) is 2.52. The summed E-state index contributed by atoms with van der Waals surface area (Å²) in [4.78, 5) is 4.26. The number of aliphatic imine (C=N–C) groups is 1. The van der Waals surface area contributed by atoms with Gasteiger partial charge in [-0.2, -0.15) is 10.2 Å². The molecule has 0 fully saturated rings. The van der Waals surface area contributed by atoms with Crippen LogP contribution in [0.4, 0.5) is 0 Å². The number of hydrogen-bond donors (Lipinski definition) is 2. The van der Waals surface area contributed by atoms with E-state index in [4.69, 9.17) is 0 Å². The van der Waals surface area contributed by atoms with Gasteiger partial charge in [0.15, 0.2) is 5.96 Å². The van der Waals surface area contributed by atoms with Crippen molar-refractivity contribution in [1.82, 2.24) is 30.2 Å². The summed E-state index contributed by atoms with van der Waals surface area (Å²) in [6.07, 6.45) is 8.47. The lowest BCUT2D eigenvalue weighted by atomic mass is 10.2. The molecule has 0 bridgehead atoms. The average molecular weight is 465 g/mol. The molecule has 0 saturated carbocycles.